The van der Waals surface area contributed by atoms with Gasteiger partial charge in [-0.1, -0.05) is 30.3 Å². The molecule has 1 amide bonds. The molecular weight excluding hydrogens is 425 g/mol. The average Bonchev–Trinajstić information content (AvgIpc) is 3.13. The van der Waals surface area contributed by atoms with Gasteiger partial charge in [-0.2, -0.15) is 13.2 Å². The summed E-state index contributed by atoms with van der Waals surface area (Å²) in [5, 5.41) is 0.902. The van der Waals surface area contributed by atoms with Crippen molar-refractivity contribution in [3.05, 3.63) is 75.4 Å². The third-order valence-corrected chi connectivity index (χ3v) is 6.34. The van der Waals surface area contributed by atoms with Crippen molar-refractivity contribution in [3.8, 4) is 0 Å². The van der Waals surface area contributed by atoms with Crippen LogP contribution in [0.5, 0.6) is 0 Å². The number of carbonyl (C=O) groups excluding carboxylic acids is 1. The molecule has 0 saturated carbocycles. The van der Waals surface area contributed by atoms with Crippen LogP contribution in [0.1, 0.15) is 31.5 Å². The SMILES string of the molecule is Cc1nc(Cc2ccccc2)sc1C(=O)N1CCN(c2ccc(C(F)(F)F)cn2)CC1. The lowest BCUT2D eigenvalue weighted by Gasteiger charge is -2.35. The van der Waals surface area contributed by atoms with Gasteiger partial charge in [0.2, 0.25) is 0 Å². The number of pyridine rings is 1. The van der Waals surface area contributed by atoms with E-state index in [4.69, 9.17) is 0 Å². The molecule has 1 aliphatic rings. The second-order valence-electron chi connectivity index (χ2n) is 7.37. The lowest BCUT2D eigenvalue weighted by atomic mass is 10.2. The first-order chi connectivity index (χ1) is 14.8. The summed E-state index contributed by atoms with van der Waals surface area (Å²) < 4.78 is 38.2. The highest BCUT2D eigenvalue weighted by atomic mass is 32.1. The molecule has 1 fully saturated rings. The Morgan fingerprint density at radius 2 is 1.77 bits per heavy atom. The van der Waals surface area contributed by atoms with Crippen LogP contribution in [0, 0.1) is 6.92 Å². The van der Waals surface area contributed by atoms with Gasteiger partial charge >= 0.3 is 6.18 Å². The molecule has 0 atom stereocenters. The Morgan fingerprint density at radius 1 is 1.06 bits per heavy atom. The van der Waals surface area contributed by atoms with Gasteiger partial charge in [0.05, 0.1) is 16.3 Å². The van der Waals surface area contributed by atoms with Crippen LogP contribution >= 0.6 is 11.3 Å². The Kier molecular flexibility index (Phi) is 5.95. The number of aromatic nitrogens is 2. The van der Waals surface area contributed by atoms with Crippen molar-refractivity contribution in [3.63, 3.8) is 0 Å². The number of nitrogens with zero attached hydrogens (tertiary/aromatic N) is 4. The molecule has 4 rings (SSSR count). The molecule has 9 heteroatoms. The Labute approximate surface area is 182 Å². The summed E-state index contributed by atoms with van der Waals surface area (Å²) >= 11 is 1.42. The van der Waals surface area contributed by atoms with Crippen LogP contribution in [0.25, 0.3) is 0 Å². The summed E-state index contributed by atoms with van der Waals surface area (Å²) in [7, 11) is 0. The van der Waals surface area contributed by atoms with Crippen LogP contribution in [0.2, 0.25) is 0 Å². The van der Waals surface area contributed by atoms with Crippen molar-refractivity contribution in [1.82, 2.24) is 14.9 Å². The fourth-order valence-corrected chi connectivity index (χ4v) is 4.59. The predicted octanol–water partition coefficient (Wildman–Crippen LogP) is 4.42. The van der Waals surface area contributed by atoms with Crippen molar-refractivity contribution in [2.24, 2.45) is 0 Å². The molecule has 1 aliphatic heterocycles. The van der Waals surface area contributed by atoms with E-state index in [1.807, 2.05) is 42.2 Å². The molecule has 0 aliphatic carbocycles. The highest BCUT2D eigenvalue weighted by Gasteiger charge is 2.31. The fraction of sp³-hybridized carbons (Fsp3) is 0.318. The number of thiazole rings is 1. The van der Waals surface area contributed by atoms with Crippen LogP contribution in [0.4, 0.5) is 19.0 Å². The predicted molar refractivity (Wildman–Crippen MR) is 113 cm³/mol. The Hall–Kier alpha value is -2.94. The maximum Gasteiger partial charge on any atom is 0.417 e. The van der Waals surface area contributed by atoms with Crippen molar-refractivity contribution < 1.29 is 18.0 Å². The Morgan fingerprint density at radius 3 is 2.39 bits per heavy atom. The van der Waals surface area contributed by atoms with Gasteiger partial charge in [-0.15, -0.1) is 11.3 Å². The number of aryl methyl sites for hydroxylation is 1. The van der Waals surface area contributed by atoms with E-state index in [0.29, 0.717) is 43.3 Å². The lowest BCUT2D eigenvalue weighted by molar-refractivity contribution is -0.137. The van der Waals surface area contributed by atoms with Crippen molar-refractivity contribution in [1.29, 1.82) is 0 Å². The number of alkyl halides is 3. The first-order valence-corrected chi connectivity index (χ1v) is 10.7. The summed E-state index contributed by atoms with van der Waals surface area (Å²) in [4.78, 5) is 25.9. The van der Waals surface area contributed by atoms with Crippen molar-refractivity contribution in [2.45, 2.75) is 19.5 Å². The maximum atomic E-state index is 13.0. The smallest absolute Gasteiger partial charge is 0.353 e. The normalized spacial score (nSPS) is 14.7. The highest BCUT2D eigenvalue weighted by Crippen LogP contribution is 2.29. The zero-order chi connectivity index (χ0) is 22.0. The molecule has 31 heavy (non-hydrogen) atoms. The molecule has 3 heterocycles. The third kappa shape index (κ3) is 4.87. The molecule has 3 aromatic rings. The minimum Gasteiger partial charge on any atom is -0.353 e. The van der Waals surface area contributed by atoms with E-state index < -0.39 is 11.7 Å². The number of halogens is 3. The van der Waals surface area contributed by atoms with Crippen LogP contribution in [0.15, 0.2) is 48.7 Å². The van der Waals surface area contributed by atoms with Gasteiger partial charge in [-0.25, -0.2) is 9.97 Å². The maximum absolute atomic E-state index is 13.0. The number of rotatable bonds is 4. The quantitative estimate of drug-likeness (QED) is 0.596. The highest BCUT2D eigenvalue weighted by molar-refractivity contribution is 7.13. The summed E-state index contributed by atoms with van der Waals surface area (Å²) in [6.45, 7) is 3.83. The lowest BCUT2D eigenvalue weighted by Crippen LogP contribution is -2.49. The van der Waals surface area contributed by atoms with Crippen molar-refractivity contribution in [2.75, 3.05) is 31.1 Å². The molecule has 0 spiro atoms. The molecule has 0 N–H and O–H groups in total. The number of piperazine rings is 1. The van der Waals surface area contributed by atoms with Crippen molar-refractivity contribution >= 4 is 23.1 Å². The Bertz CT molecular complexity index is 1040. The molecule has 0 bridgehead atoms. The van der Waals surface area contributed by atoms with E-state index in [2.05, 4.69) is 9.97 Å². The minimum atomic E-state index is -4.40. The van der Waals surface area contributed by atoms with Gasteiger partial charge in [-0.05, 0) is 24.6 Å². The number of amides is 1. The van der Waals surface area contributed by atoms with Gasteiger partial charge < -0.3 is 9.80 Å². The van der Waals surface area contributed by atoms with Crippen LogP contribution < -0.4 is 4.90 Å². The topological polar surface area (TPSA) is 49.3 Å². The molecule has 5 nitrogen and oxygen atoms in total. The number of carbonyl (C=O) groups is 1. The van der Waals surface area contributed by atoms with Crippen LogP contribution in [-0.2, 0) is 12.6 Å². The standard InChI is InChI=1S/C22H21F3N4OS/c1-15-20(31-19(27-15)13-16-5-3-2-4-6-16)21(30)29-11-9-28(10-12-29)18-8-7-17(14-26-18)22(23,24)25/h2-8,14H,9-13H2,1H3. The molecule has 0 unspecified atom stereocenters. The van der Waals surface area contributed by atoms with Gasteiger partial charge in [-0.3, -0.25) is 4.79 Å². The summed E-state index contributed by atoms with van der Waals surface area (Å²) in [6.07, 6.45) is -2.86. The zero-order valence-electron chi connectivity index (χ0n) is 16.9. The monoisotopic (exact) mass is 446 g/mol. The van der Waals surface area contributed by atoms with E-state index >= 15 is 0 Å². The van der Waals surface area contributed by atoms with Gasteiger partial charge in [0.1, 0.15) is 10.7 Å². The number of benzene rings is 1. The number of anilines is 1. The number of hydrogen-bond acceptors (Lipinski definition) is 5. The molecule has 162 valence electrons. The molecule has 1 saturated heterocycles. The fourth-order valence-electron chi connectivity index (χ4n) is 3.52. The van der Waals surface area contributed by atoms with E-state index in [0.717, 1.165) is 28.5 Å². The van der Waals surface area contributed by atoms with Gasteiger partial charge in [0.15, 0.2) is 0 Å². The second kappa shape index (κ2) is 8.66. The van der Waals surface area contributed by atoms with E-state index in [1.165, 1.54) is 17.4 Å². The largest absolute Gasteiger partial charge is 0.417 e. The zero-order valence-corrected chi connectivity index (χ0v) is 17.7. The van der Waals surface area contributed by atoms with E-state index in [9.17, 15) is 18.0 Å². The second-order valence-corrected chi connectivity index (χ2v) is 8.45. The van der Waals surface area contributed by atoms with Gasteiger partial charge in [0, 0.05) is 38.8 Å². The van der Waals surface area contributed by atoms with Crippen LogP contribution in [-0.4, -0.2) is 47.0 Å². The number of hydrogen-bond donors (Lipinski definition) is 0. The molecular formula is C22H21F3N4OS. The molecule has 1 aromatic carbocycles. The molecule has 0 radical (unpaired) electrons. The summed E-state index contributed by atoms with van der Waals surface area (Å²) in [5.41, 5.74) is 1.11. The average molecular weight is 446 g/mol. The first-order valence-electron chi connectivity index (χ1n) is 9.89. The van der Waals surface area contributed by atoms with Crippen LogP contribution in [0.3, 0.4) is 0 Å². The Balaban J connectivity index is 1.38. The first kappa shape index (κ1) is 21.3. The molecule has 2 aromatic heterocycles. The van der Waals surface area contributed by atoms with Gasteiger partial charge in [0.25, 0.3) is 5.91 Å². The third-order valence-electron chi connectivity index (χ3n) is 5.20. The van der Waals surface area contributed by atoms with E-state index in [1.54, 1.807) is 4.90 Å². The summed E-state index contributed by atoms with van der Waals surface area (Å²) in [5.74, 6) is 0.438. The minimum absolute atomic E-state index is 0.0469. The van der Waals surface area contributed by atoms with E-state index in [-0.39, 0.29) is 5.91 Å². The summed E-state index contributed by atoms with van der Waals surface area (Å²) in [6, 6.07) is 12.4.